The third-order valence-corrected chi connectivity index (χ3v) is 3.03. The van der Waals surface area contributed by atoms with E-state index in [1.165, 1.54) is 0 Å². The topological polar surface area (TPSA) is 58.6 Å². The van der Waals surface area contributed by atoms with Gasteiger partial charge < -0.3 is 10.1 Å². The molecular formula is C14H18N2O3. The third-order valence-electron chi connectivity index (χ3n) is 3.03. The van der Waals surface area contributed by atoms with Gasteiger partial charge in [-0.1, -0.05) is 6.92 Å². The Kier molecular flexibility index (Phi) is 4.04. The van der Waals surface area contributed by atoms with E-state index in [0.717, 1.165) is 12.1 Å². The number of hydrogen-bond acceptors (Lipinski definition) is 3. The summed E-state index contributed by atoms with van der Waals surface area (Å²) in [7, 11) is 0. The van der Waals surface area contributed by atoms with Crippen LogP contribution < -0.4 is 10.2 Å². The highest BCUT2D eigenvalue weighted by Gasteiger charge is 2.30. The molecule has 1 fully saturated rings. The number of amides is 2. The van der Waals surface area contributed by atoms with Crippen molar-refractivity contribution in [1.29, 1.82) is 0 Å². The van der Waals surface area contributed by atoms with Crippen molar-refractivity contribution in [2.75, 3.05) is 18.1 Å². The zero-order valence-electron chi connectivity index (χ0n) is 11.2. The molecule has 1 aliphatic heterocycles. The van der Waals surface area contributed by atoms with E-state index < -0.39 is 0 Å². The van der Waals surface area contributed by atoms with E-state index in [4.69, 9.17) is 4.74 Å². The van der Waals surface area contributed by atoms with Crippen molar-refractivity contribution in [1.82, 2.24) is 5.32 Å². The minimum absolute atomic E-state index is 0.0206. The fraction of sp³-hybridized carbons (Fsp3) is 0.429. The summed E-state index contributed by atoms with van der Waals surface area (Å²) in [6.45, 7) is 4.99. The Bertz CT molecular complexity index is 470. The molecule has 0 bridgehead atoms. The van der Waals surface area contributed by atoms with Crippen molar-refractivity contribution in [3.63, 3.8) is 0 Å². The molecule has 102 valence electrons. The molecule has 1 N–H and O–H groups in total. The molecule has 19 heavy (non-hydrogen) atoms. The Morgan fingerprint density at radius 1 is 1.42 bits per heavy atom. The SMILES string of the molecule is CCCNC(=O)c1ccc(N2C(=O)OC[C@@H]2C)cc1. The van der Waals surface area contributed by atoms with Gasteiger partial charge in [0.05, 0.1) is 6.04 Å². The number of ether oxygens (including phenoxy) is 1. The normalized spacial score (nSPS) is 18.3. The second-order valence-electron chi connectivity index (χ2n) is 4.60. The Morgan fingerprint density at radius 2 is 2.11 bits per heavy atom. The molecule has 1 aromatic carbocycles. The monoisotopic (exact) mass is 262 g/mol. The van der Waals surface area contributed by atoms with Crippen LogP contribution in [0.4, 0.5) is 10.5 Å². The highest BCUT2D eigenvalue weighted by molar-refractivity contribution is 5.95. The number of nitrogens with one attached hydrogen (secondary N) is 1. The molecular weight excluding hydrogens is 244 g/mol. The molecule has 1 aromatic rings. The average molecular weight is 262 g/mol. The second-order valence-corrected chi connectivity index (χ2v) is 4.60. The standard InChI is InChI=1S/C14H18N2O3/c1-3-8-15-13(17)11-4-6-12(7-5-11)16-10(2)9-19-14(16)18/h4-7,10H,3,8-9H2,1-2H3,(H,15,17)/t10-/m0/s1. The van der Waals surface area contributed by atoms with Crippen LogP contribution in [-0.4, -0.2) is 31.2 Å². The minimum Gasteiger partial charge on any atom is -0.447 e. The first kappa shape index (κ1) is 13.4. The average Bonchev–Trinajstić information content (AvgIpc) is 2.76. The van der Waals surface area contributed by atoms with Gasteiger partial charge in [-0.3, -0.25) is 9.69 Å². The summed E-state index contributed by atoms with van der Waals surface area (Å²) in [5.41, 5.74) is 1.35. The maximum Gasteiger partial charge on any atom is 0.414 e. The fourth-order valence-electron chi connectivity index (χ4n) is 1.99. The molecule has 5 heteroatoms. The highest BCUT2D eigenvalue weighted by Crippen LogP contribution is 2.23. The van der Waals surface area contributed by atoms with Gasteiger partial charge >= 0.3 is 6.09 Å². The molecule has 0 radical (unpaired) electrons. The maximum absolute atomic E-state index is 11.7. The van der Waals surface area contributed by atoms with Gasteiger partial charge in [-0.15, -0.1) is 0 Å². The minimum atomic E-state index is -0.337. The van der Waals surface area contributed by atoms with Crippen LogP contribution in [0.1, 0.15) is 30.6 Å². The number of hydrogen-bond donors (Lipinski definition) is 1. The first-order valence-corrected chi connectivity index (χ1v) is 6.47. The van der Waals surface area contributed by atoms with E-state index in [1.807, 2.05) is 13.8 Å². The molecule has 5 nitrogen and oxygen atoms in total. The lowest BCUT2D eigenvalue weighted by Crippen LogP contribution is -2.31. The van der Waals surface area contributed by atoms with Gasteiger partial charge in [0.15, 0.2) is 0 Å². The summed E-state index contributed by atoms with van der Waals surface area (Å²) in [6, 6.07) is 7.00. The van der Waals surface area contributed by atoms with Crippen LogP contribution in [0.3, 0.4) is 0 Å². The van der Waals surface area contributed by atoms with E-state index in [-0.39, 0.29) is 18.0 Å². The Balaban J connectivity index is 2.10. The Morgan fingerprint density at radius 3 is 2.63 bits per heavy atom. The van der Waals surface area contributed by atoms with Gasteiger partial charge in [-0.2, -0.15) is 0 Å². The molecule has 1 saturated heterocycles. The van der Waals surface area contributed by atoms with Crippen molar-refractivity contribution in [3.05, 3.63) is 29.8 Å². The number of carbonyl (C=O) groups is 2. The van der Waals surface area contributed by atoms with E-state index in [2.05, 4.69) is 5.32 Å². The van der Waals surface area contributed by atoms with Gasteiger partial charge in [-0.25, -0.2) is 4.79 Å². The Labute approximate surface area is 112 Å². The number of cyclic esters (lactones) is 1. The first-order chi connectivity index (χ1) is 9.13. The predicted molar refractivity (Wildman–Crippen MR) is 72.4 cm³/mol. The smallest absolute Gasteiger partial charge is 0.414 e. The van der Waals surface area contributed by atoms with Crippen LogP contribution in [-0.2, 0) is 4.74 Å². The van der Waals surface area contributed by atoms with Crippen molar-refractivity contribution in [2.24, 2.45) is 0 Å². The molecule has 1 heterocycles. The maximum atomic E-state index is 11.7. The summed E-state index contributed by atoms with van der Waals surface area (Å²) in [5.74, 6) is -0.0922. The van der Waals surface area contributed by atoms with E-state index in [9.17, 15) is 9.59 Å². The highest BCUT2D eigenvalue weighted by atomic mass is 16.6. The van der Waals surface area contributed by atoms with E-state index in [1.54, 1.807) is 29.2 Å². The number of nitrogens with zero attached hydrogens (tertiary/aromatic N) is 1. The molecule has 1 aliphatic rings. The van der Waals surface area contributed by atoms with Gasteiger partial charge in [0.2, 0.25) is 0 Å². The zero-order valence-corrected chi connectivity index (χ0v) is 11.2. The molecule has 2 rings (SSSR count). The predicted octanol–water partition coefficient (Wildman–Crippen LogP) is 2.17. The molecule has 2 amide bonds. The zero-order chi connectivity index (χ0) is 13.8. The van der Waals surface area contributed by atoms with Crippen LogP contribution in [0, 0.1) is 0 Å². The lowest BCUT2D eigenvalue weighted by Gasteiger charge is -2.18. The lowest BCUT2D eigenvalue weighted by molar-refractivity contribution is 0.0953. The van der Waals surface area contributed by atoms with Gasteiger partial charge in [-0.05, 0) is 37.6 Å². The summed E-state index contributed by atoms with van der Waals surface area (Å²) >= 11 is 0. The fourth-order valence-corrected chi connectivity index (χ4v) is 1.99. The summed E-state index contributed by atoms with van der Waals surface area (Å²) < 4.78 is 4.97. The van der Waals surface area contributed by atoms with E-state index >= 15 is 0 Å². The number of anilines is 1. The molecule has 0 aromatic heterocycles. The quantitative estimate of drug-likeness (QED) is 0.904. The molecule has 1 atom stereocenters. The van der Waals surface area contributed by atoms with Gasteiger partial charge in [0.1, 0.15) is 6.61 Å². The van der Waals surface area contributed by atoms with Crippen LogP contribution in [0.15, 0.2) is 24.3 Å². The van der Waals surface area contributed by atoms with Crippen molar-refractivity contribution in [2.45, 2.75) is 26.3 Å². The van der Waals surface area contributed by atoms with Crippen LogP contribution >= 0.6 is 0 Å². The van der Waals surface area contributed by atoms with Crippen molar-refractivity contribution in [3.8, 4) is 0 Å². The van der Waals surface area contributed by atoms with Crippen LogP contribution in [0.2, 0.25) is 0 Å². The lowest BCUT2D eigenvalue weighted by atomic mass is 10.1. The number of rotatable bonds is 4. The third kappa shape index (κ3) is 2.86. The first-order valence-electron chi connectivity index (χ1n) is 6.47. The van der Waals surface area contributed by atoms with E-state index in [0.29, 0.717) is 18.7 Å². The Hall–Kier alpha value is -2.04. The van der Waals surface area contributed by atoms with Gasteiger partial charge in [0.25, 0.3) is 5.91 Å². The number of benzene rings is 1. The molecule has 0 unspecified atom stereocenters. The second kappa shape index (κ2) is 5.73. The van der Waals surface area contributed by atoms with Crippen molar-refractivity contribution >= 4 is 17.7 Å². The van der Waals surface area contributed by atoms with Gasteiger partial charge in [0, 0.05) is 17.8 Å². The van der Waals surface area contributed by atoms with Crippen LogP contribution in [0.5, 0.6) is 0 Å². The van der Waals surface area contributed by atoms with Crippen LogP contribution in [0.25, 0.3) is 0 Å². The molecule has 0 aliphatic carbocycles. The summed E-state index contributed by atoms with van der Waals surface area (Å²) in [4.78, 5) is 24.9. The summed E-state index contributed by atoms with van der Waals surface area (Å²) in [5, 5.41) is 2.81. The molecule has 0 spiro atoms. The molecule has 0 saturated carbocycles. The summed E-state index contributed by atoms with van der Waals surface area (Å²) in [6.07, 6.45) is 0.566. The van der Waals surface area contributed by atoms with Crippen molar-refractivity contribution < 1.29 is 14.3 Å². The largest absolute Gasteiger partial charge is 0.447 e. The number of carbonyl (C=O) groups excluding carboxylic acids is 2.